The van der Waals surface area contributed by atoms with Crippen molar-refractivity contribution in [1.29, 1.82) is 0 Å². The van der Waals surface area contributed by atoms with Gasteiger partial charge in [0.25, 0.3) is 0 Å². The number of carbonyl (C=O) groups excluding carboxylic acids is 1. The van der Waals surface area contributed by atoms with Crippen LogP contribution in [0.3, 0.4) is 0 Å². The summed E-state index contributed by atoms with van der Waals surface area (Å²) in [6, 6.07) is 10.2. The van der Waals surface area contributed by atoms with Crippen LogP contribution in [0.2, 0.25) is 0 Å². The molecule has 0 N–H and O–H groups in total. The molecule has 1 aromatic rings. The van der Waals surface area contributed by atoms with Gasteiger partial charge in [-0.25, -0.2) is 0 Å². The smallest absolute Gasteiger partial charge is 0.325 e. The highest BCUT2D eigenvalue weighted by atomic mass is 16.5. The van der Waals surface area contributed by atoms with Crippen molar-refractivity contribution in [2.45, 2.75) is 51.6 Å². The second-order valence-corrected chi connectivity index (χ2v) is 5.56. The lowest BCUT2D eigenvalue weighted by Gasteiger charge is -2.36. The minimum Gasteiger partial charge on any atom is -0.468 e. The molecule has 1 aromatic carbocycles. The van der Waals surface area contributed by atoms with E-state index in [4.69, 9.17) is 4.74 Å². The molecule has 0 fully saturated rings. The maximum Gasteiger partial charge on any atom is 0.325 e. The maximum atomic E-state index is 12.2. The molecule has 0 amide bonds. The zero-order valence-corrected chi connectivity index (χ0v) is 13.2. The van der Waals surface area contributed by atoms with Gasteiger partial charge in [-0.15, -0.1) is 0 Å². The van der Waals surface area contributed by atoms with E-state index in [0.29, 0.717) is 0 Å². The third kappa shape index (κ3) is 4.34. The van der Waals surface area contributed by atoms with Crippen molar-refractivity contribution >= 4 is 5.97 Å². The van der Waals surface area contributed by atoms with E-state index in [2.05, 4.69) is 24.0 Å². The Balaban J connectivity index is 2.78. The number of hydrogen-bond donors (Lipinski definition) is 0. The van der Waals surface area contributed by atoms with Gasteiger partial charge >= 0.3 is 5.97 Å². The summed E-state index contributed by atoms with van der Waals surface area (Å²) in [7, 11) is 3.46. The largest absolute Gasteiger partial charge is 0.468 e. The number of benzene rings is 1. The summed E-state index contributed by atoms with van der Waals surface area (Å²) in [5.41, 5.74) is 0.653. The lowest BCUT2D eigenvalue weighted by molar-refractivity contribution is -0.154. The van der Waals surface area contributed by atoms with Gasteiger partial charge in [0, 0.05) is 6.54 Å². The summed E-state index contributed by atoms with van der Waals surface area (Å²) < 4.78 is 5.02. The van der Waals surface area contributed by atoms with Gasteiger partial charge in [-0.1, -0.05) is 56.5 Å². The number of nitrogens with zero attached hydrogens (tertiary/aromatic N) is 1. The molecule has 0 aliphatic heterocycles. The van der Waals surface area contributed by atoms with Crippen molar-refractivity contribution in [1.82, 2.24) is 4.90 Å². The molecule has 0 heterocycles. The zero-order chi connectivity index (χ0) is 15.0. The quantitative estimate of drug-likeness (QED) is 0.537. The van der Waals surface area contributed by atoms with E-state index >= 15 is 0 Å². The Kier molecular flexibility index (Phi) is 6.73. The Hall–Kier alpha value is -1.35. The van der Waals surface area contributed by atoms with E-state index < -0.39 is 5.54 Å². The minimum atomic E-state index is -0.556. The molecule has 112 valence electrons. The number of methoxy groups -OCH3 is 1. The first kappa shape index (κ1) is 16.7. The standard InChI is InChI=1S/C17H27NO2/c1-5-6-10-13-17(2,16(19)20-4)18(3)14-15-11-8-7-9-12-15/h7-9,11-12H,5-6,10,13-14H2,1-4H3/t17-/m0/s1. The zero-order valence-electron chi connectivity index (χ0n) is 13.2. The number of likely N-dealkylation sites (N-methyl/N-ethyl adjacent to an activating group) is 1. The lowest BCUT2D eigenvalue weighted by atomic mass is 9.92. The average Bonchev–Trinajstić information content (AvgIpc) is 2.47. The molecule has 0 unspecified atom stereocenters. The van der Waals surface area contributed by atoms with Crippen LogP contribution in [-0.4, -0.2) is 30.6 Å². The van der Waals surface area contributed by atoms with Gasteiger partial charge < -0.3 is 4.74 Å². The lowest BCUT2D eigenvalue weighted by Crippen LogP contribution is -2.50. The minimum absolute atomic E-state index is 0.146. The Morgan fingerprint density at radius 3 is 2.45 bits per heavy atom. The Bertz CT molecular complexity index is 405. The second-order valence-electron chi connectivity index (χ2n) is 5.56. The van der Waals surface area contributed by atoms with Gasteiger partial charge in [-0.2, -0.15) is 0 Å². The van der Waals surface area contributed by atoms with E-state index in [1.807, 2.05) is 32.2 Å². The fourth-order valence-corrected chi connectivity index (χ4v) is 2.42. The van der Waals surface area contributed by atoms with E-state index in [1.54, 1.807) is 0 Å². The van der Waals surface area contributed by atoms with Gasteiger partial charge in [-0.3, -0.25) is 9.69 Å². The summed E-state index contributed by atoms with van der Waals surface area (Å²) in [5, 5.41) is 0. The van der Waals surface area contributed by atoms with Gasteiger partial charge in [-0.05, 0) is 26.0 Å². The number of ether oxygens (including phenoxy) is 1. The summed E-state index contributed by atoms with van der Waals surface area (Å²) in [6.07, 6.45) is 4.17. The molecule has 0 saturated heterocycles. The molecule has 1 atom stereocenters. The van der Waals surface area contributed by atoms with Crippen LogP contribution in [0, 0.1) is 0 Å². The predicted molar refractivity (Wildman–Crippen MR) is 82.5 cm³/mol. The first-order valence-electron chi connectivity index (χ1n) is 7.38. The summed E-state index contributed by atoms with van der Waals surface area (Å²) in [5.74, 6) is -0.146. The van der Waals surface area contributed by atoms with E-state index in [1.165, 1.54) is 12.7 Å². The number of carbonyl (C=O) groups is 1. The van der Waals surface area contributed by atoms with Gasteiger partial charge in [0.15, 0.2) is 0 Å². The molecule has 0 aromatic heterocycles. The van der Waals surface area contributed by atoms with Crippen LogP contribution < -0.4 is 0 Å². The third-order valence-electron chi connectivity index (χ3n) is 4.00. The van der Waals surface area contributed by atoms with Crippen molar-refractivity contribution in [2.75, 3.05) is 14.2 Å². The maximum absolute atomic E-state index is 12.2. The normalized spacial score (nSPS) is 14.1. The first-order valence-corrected chi connectivity index (χ1v) is 7.38. The van der Waals surface area contributed by atoms with Gasteiger partial charge in [0.05, 0.1) is 7.11 Å². The third-order valence-corrected chi connectivity index (χ3v) is 4.00. The Morgan fingerprint density at radius 2 is 1.90 bits per heavy atom. The second kappa shape index (κ2) is 8.05. The number of rotatable bonds is 8. The summed E-state index contributed by atoms with van der Waals surface area (Å²) in [6.45, 7) is 4.90. The molecule has 0 radical (unpaired) electrons. The fourth-order valence-electron chi connectivity index (χ4n) is 2.42. The van der Waals surface area contributed by atoms with Crippen molar-refractivity contribution in [2.24, 2.45) is 0 Å². The average molecular weight is 277 g/mol. The first-order chi connectivity index (χ1) is 9.54. The van der Waals surface area contributed by atoms with E-state index in [-0.39, 0.29) is 5.97 Å². The van der Waals surface area contributed by atoms with E-state index in [9.17, 15) is 4.79 Å². The number of esters is 1. The molecule has 0 aliphatic carbocycles. The molecular weight excluding hydrogens is 250 g/mol. The van der Waals surface area contributed by atoms with Crippen molar-refractivity contribution in [3.63, 3.8) is 0 Å². The van der Waals surface area contributed by atoms with Crippen LogP contribution in [0.1, 0.15) is 45.1 Å². The highest BCUT2D eigenvalue weighted by molar-refractivity contribution is 5.80. The molecule has 3 nitrogen and oxygen atoms in total. The molecule has 20 heavy (non-hydrogen) atoms. The fraction of sp³-hybridized carbons (Fsp3) is 0.588. The highest BCUT2D eigenvalue weighted by Crippen LogP contribution is 2.25. The SMILES string of the molecule is CCCCC[C@@](C)(C(=O)OC)N(C)Cc1ccccc1. The van der Waals surface area contributed by atoms with Crippen LogP contribution in [-0.2, 0) is 16.1 Å². The Morgan fingerprint density at radius 1 is 1.25 bits per heavy atom. The molecule has 0 bridgehead atoms. The van der Waals surface area contributed by atoms with Crippen LogP contribution in [0.15, 0.2) is 30.3 Å². The molecular formula is C17H27NO2. The number of hydrogen-bond acceptors (Lipinski definition) is 3. The topological polar surface area (TPSA) is 29.5 Å². The molecule has 0 aliphatic rings. The van der Waals surface area contributed by atoms with Crippen LogP contribution in [0.25, 0.3) is 0 Å². The van der Waals surface area contributed by atoms with Crippen molar-refractivity contribution < 1.29 is 9.53 Å². The predicted octanol–water partition coefficient (Wildman–Crippen LogP) is 3.63. The molecule has 1 rings (SSSR count). The molecule has 0 spiro atoms. The van der Waals surface area contributed by atoms with Crippen molar-refractivity contribution in [3.05, 3.63) is 35.9 Å². The number of unbranched alkanes of at least 4 members (excludes halogenated alkanes) is 2. The van der Waals surface area contributed by atoms with E-state index in [0.717, 1.165) is 32.2 Å². The summed E-state index contributed by atoms with van der Waals surface area (Å²) in [4.78, 5) is 14.3. The molecule has 3 heteroatoms. The van der Waals surface area contributed by atoms with Gasteiger partial charge in [0.1, 0.15) is 5.54 Å². The van der Waals surface area contributed by atoms with Crippen LogP contribution in [0.5, 0.6) is 0 Å². The van der Waals surface area contributed by atoms with Gasteiger partial charge in [0.2, 0.25) is 0 Å². The molecule has 0 saturated carbocycles. The van der Waals surface area contributed by atoms with Crippen molar-refractivity contribution in [3.8, 4) is 0 Å². The monoisotopic (exact) mass is 277 g/mol. The highest BCUT2D eigenvalue weighted by Gasteiger charge is 2.37. The van der Waals surface area contributed by atoms with Crippen LogP contribution in [0.4, 0.5) is 0 Å². The Labute approximate surface area is 122 Å². The van der Waals surface area contributed by atoms with Crippen LogP contribution >= 0.6 is 0 Å². The summed E-state index contributed by atoms with van der Waals surface area (Å²) >= 11 is 0.